The molecule has 1 aliphatic carbocycles. The van der Waals surface area contributed by atoms with Crippen LogP contribution >= 0.6 is 0 Å². The van der Waals surface area contributed by atoms with Crippen molar-refractivity contribution < 1.29 is 31.9 Å². The number of anilines is 1. The number of hydrogen-bond acceptors (Lipinski definition) is 5. The van der Waals surface area contributed by atoms with Crippen molar-refractivity contribution in [2.45, 2.75) is 64.9 Å². The normalized spacial score (nSPS) is 14.0. The molecule has 0 bridgehead atoms. The molecular weight excluding hydrogens is 614 g/mol. The van der Waals surface area contributed by atoms with Gasteiger partial charge in [-0.15, -0.1) is 0 Å². The maximum atomic E-state index is 15.1. The van der Waals surface area contributed by atoms with Gasteiger partial charge in [-0.2, -0.15) is 18.3 Å². The summed E-state index contributed by atoms with van der Waals surface area (Å²) in [5.74, 6) is -1.17. The third kappa shape index (κ3) is 8.97. The first-order valence-corrected chi connectivity index (χ1v) is 15.3. The standard InChI is InChI=1S/C35H37F4N5O3/c1-21-7-5-9-24(15-21)31(40-19-22-11-12-22)25-13-14-27(36)28(17-25)42-32(45)29-18-30(35(37,38)39)43-44(29)26-10-6-8-23(16-26)20-41-33(46)47-34(2,3)4/h5-10,13-18,22,31,40H,11-12,19-20H2,1-4H3,(H,41,46)(H,42,45)/t31-/m0/s1. The minimum Gasteiger partial charge on any atom is -0.444 e. The highest BCUT2D eigenvalue weighted by Gasteiger charge is 2.36. The number of carbonyl (C=O) groups excluding carboxylic acids is 2. The van der Waals surface area contributed by atoms with Crippen LogP contribution in [-0.4, -0.2) is 33.9 Å². The fourth-order valence-electron chi connectivity index (χ4n) is 5.05. The van der Waals surface area contributed by atoms with E-state index >= 15 is 4.39 Å². The zero-order chi connectivity index (χ0) is 33.9. The number of aryl methyl sites for hydroxylation is 1. The van der Waals surface area contributed by atoms with E-state index in [1.807, 2.05) is 31.2 Å². The molecule has 12 heteroatoms. The molecule has 3 N–H and O–H groups in total. The number of benzene rings is 3. The predicted molar refractivity (Wildman–Crippen MR) is 170 cm³/mol. The Morgan fingerprint density at radius 3 is 2.38 bits per heavy atom. The molecule has 0 spiro atoms. The van der Waals surface area contributed by atoms with E-state index in [1.165, 1.54) is 24.3 Å². The van der Waals surface area contributed by atoms with Crippen LogP contribution in [0.3, 0.4) is 0 Å². The molecule has 1 heterocycles. The van der Waals surface area contributed by atoms with Crippen molar-refractivity contribution in [2.24, 2.45) is 5.92 Å². The van der Waals surface area contributed by atoms with E-state index in [1.54, 1.807) is 39.0 Å². The van der Waals surface area contributed by atoms with Gasteiger partial charge in [-0.25, -0.2) is 13.9 Å². The highest BCUT2D eigenvalue weighted by atomic mass is 19.4. The molecule has 0 radical (unpaired) electrons. The Bertz CT molecular complexity index is 1760. The minimum atomic E-state index is -4.85. The van der Waals surface area contributed by atoms with Crippen LogP contribution in [0.25, 0.3) is 5.69 Å². The smallest absolute Gasteiger partial charge is 0.435 e. The Morgan fingerprint density at radius 2 is 1.70 bits per heavy atom. The number of rotatable bonds is 10. The van der Waals surface area contributed by atoms with Crippen molar-refractivity contribution in [3.05, 3.63) is 112 Å². The molecule has 5 rings (SSSR count). The van der Waals surface area contributed by atoms with E-state index in [2.05, 4.69) is 21.0 Å². The minimum absolute atomic E-state index is 0.00652. The molecule has 2 amide bonds. The maximum Gasteiger partial charge on any atom is 0.435 e. The number of ether oxygens (including phenoxy) is 1. The number of amides is 2. The van der Waals surface area contributed by atoms with Gasteiger partial charge in [0.25, 0.3) is 5.91 Å². The molecule has 0 aliphatic heterocycles. The summed E-state index contributed by atoms with van der Waals surface area (Å²) >= 11 is 0. The molecule has 0 unspecified atom stereocenters. The SMILES string of the molecule is Cc1cccc([C@H](NCC2CC2)c2ccc(F)c(NC(=O)c3cc(C(F)(F)F)nn3-c3cccc(CNC(=O)OC(C)(C)C)c3)c2)c1. The lowest BCUT2D eigenvalue weighted by atomic mass is 9.96. The summed E-state index contributed by atoms with van der Waals surface area (Å²) in [6.45, 7) is 7.89. The first-order chi connectivity index (χ1) is 22.2. The van der Waals surface area contributed by atoms with Gasteiger partial charge >= 0.3 is 12.3 Å². The van der Waals surface area contributed by atoms with Crippen LogP contribution in [0.15, 0.2) is 72.8 Å². The summed E-state index contributed by atoms with van der Waals surface area (Å²) < 4.78 is 62.6. The Balaban J connectivity index is 1.43. The molecule has 47 heavy (non-hydrogen) atoms. The molecule has 1 aliphatic rings. The number of aromatic nitrogens is 2. The van der Waals surface area contributed by atoms with Gasteiger partial charge in [0.2, 0.25) is 0 Å². The number of nitrogens with zero attached hydrogens (tertiary/aromatic N) is 2. The maximum absolute atomic E-state index is 15.1. The lowest BCUT2D eigenvalue weighted by molar-refractivity contribution is -0.141. The molecule has 1 aromatic heterocycles. The molecule has 8 nitrogen and oxygen atoms in total. The second-order valence-electron chi connectivity index (χ2n) is 12.7. The number of hydrogen-bond donors (Lipinski definition) is 3. The van der Waals surface area contributed by atoms with Crippen molar-refractivity contribution in [3.63, 3.8) is 0 Å². The zero-order valence-corrected chi connectivity index (χ0v) is 26.5. The Kier molecular flexibility index (Phi) is 9.71. The van der Waals surface area contributed by atoms with Crippen molar-refractivity contribution in [1.29, 1.82) is 0 Å². The van der Waals surface area contributed by atoms with Crippen LogP contribution in [0.5, 0.6) is 0 Å². The molecule has 1 atom stereocenters. The summed E-state index contributed by atoms with van der Waals surface area (Å²) in [5.41, 5.74) is 0.691. The second kappa shape index (κ2) is 13.6. The van der Waals surface area contributed by atoms with Crippen molar-refractivity contribution >= 4 is 17.7 Å². The topological polar surface area (TPSA) is 97.3 Å². The quantitative estimate of drug-likeness (QED) is 0.153. The van der Waals surface area contributed by atoms with Crippen molar-refractivity contribution in [1.82, 2.24) is 20.4 Å². The molecule has 0 saturated heterocycles. The Morgan fingerprint density at radius 1 is 0.979 bits per heavy atom. The number of alkyl halides is 3. The first-order valence-electron chi connectivity index (χ1n) is 15.3. The highest BCUT2D eigenvalue weighted by Crippen LogP contribution is 2.33. The van der Waals surface area contributed by atoms with Gasteiger partial charge in [0, 0.05) is 12.6 Å². The number of nitrogens with one attached hydrogen (secondary N) is 3. The fourth-order valence-corrected chi connectivity index (χ4v) is 5.05. The van der Waals surface area contributed by atoms with Crippen LogP contribution in [0.4, 0.5) is 28.0 Å². The fraction of sp³-hybridized carbons (Fsp3) is 0.343. The van der Waals surface area contributed by atoms with E-state index < -0.39 is 41.0 Å². The Hall–Kier alpha value is -4.71. The lowest BCUT2D eigenvalue weighted by Gasteiger charge is -2.21. The monoisotopic (exact) mass is 651 g/mol. The molecular formula is C35H37F4N5O3. The average molecular weight is 652 g/mol. The summed E-state index contributed by atoms with van der Waals surface area (Å²) in [5, 5.41) is 12.3. The molecule has 4 aromatic rings. The van der Waals surface area contributed by atoms with Crippen molar-refractivity contribution in [2.75, 3.05) is 11.9 Å². The Labute approximate surface area is 270 Å². The van der Waals surface area contributed by atoms with Gasteiger partial charge in [-0.1, -0.05) is 48.0 Å². The van der Waals surface area contributed by atoms with Gasteiger partial charge < -0.3 is 20.7 Å². The van der Waals surface area contributed by atoms with E-state index in [4.69, 9.17) is 4.74 Å². The van der Waals surface area contributed by atoms with E-state index in [-0.39, 0.29) is 24.0 Å². The summed E-state index contributed by atoms with van der Waals surface area (Å²) in [6.07, 6.45) is -3.25. The third-order valence-electron chi connectivity index (χ3n) is 7.48. The van der Waals surface area contributed by atoms with E-state index in [0.717, 1.165) is 35.2 Å². The van der Waals surface area contributed by atoms with Crippen LogP contribution < -0.4 is 16.0 Å². The largest absolute Gasteiger partial charge is 0.444 e. The highest BCUT2D eigenvalue weighted by molar-refractivity contribution is 6.03. The second-order valence-corrected chi connectivity index (χ2v) is 12.7. The van der Waals surface area contributed by atoms with Gasteiger partial charge in [-0.05, 0) is 94.0 Å². The van der Waals surface area contributed by atoms with Crippen LogP contribution in [0.1, 0.15) is 78.1 Å². The van der Waals surface area contributed by atoms with Crippen molar-refractivity contribution in [3.8, 4) is 5.69 Å². The van der Waals surface area contributed by atoms with E-state index in [0.29, 0.717) is 23.1 Å². The number of alkyl carbamates (subject to hydrolysis) is 1. The summed E-state index contributed by atoms with van der Waals surface area (Å²) in [4.78, 5) is 25.7. The van der Waals surface area contributed by atoms with Crippen LogP contribution in [-0.2, 0) is 17.5 Å². The molecule has 3 aromatic carbocycles. The first kappa shape index (κ1) is 33.6. The lowest BCUT2D eigenvalue weighted by Crippen LogP contribution is -2.32. The van der Waals surface area contributed by atoms with Gasteiger partial charge in [-0.3, -0.25) is 4.79 Å². The third-order valence-corrected chi connectivity index (χ3v) is 7.48. The molecule has 248 valence electrons. The molecule has 1 saturated carbocycles. The molecule has 1 fully saturated rings. The number of carbonyl (C=O) groups is 2. The van der Waals surface area contributed by atoms with Gasteiger partial charge in [0.1, 0.15) is 17.1 Å². The average Bonchev–Trinajstić information content (AvgIpc) is 3.70. The van der Waals surface area contributed by atoms with E-state index in [9.17, 15) is 22.8 Å². The zero-order valence-electron chi connectivity index (χ0n) is 26.5. The number of halogens is 4. The van der Waals surface area contributed by atoms with Crippen LogP contribution in [0.2, 0.25) is 0 Å². The van der Waals surface area contributed by atoms with Gasteiger partial charge in [0.05, 0.1) is 17.4 Å². The summed E-state index contributed by atoms with van der Waals surface area (Å²) in [6, 6.07) is 18.7. The predicted octanol–water partition coefficient (Wildman–Crippen LogP) is 7.70. The van der Waals surface area contributed by atoms with Crippen LogP contribution in [0, 0.1) is 18.7 Å². The van der Waals surface area contributed by atoms with Gasteiger partial charge in [0.15, 0.2) is 5.69 Å². The summed E-state index contributed by atoms with van der Waals surface area (Å²) in [7, 11) is 0.